The first-order chi connectivity index (χ1) is 9.10. The van der Waals surface area contributed by atoms with Crippen LogP contribution < -0.4 is 0 Å². The van der Waals surface area contributed by atoms with E-state index in [4.69, 9.17) is 5.11 Å². The molecule has 1 unspecified atom stereocenters. The lowest BCUT2D eigenvalue weighted by Gasteiger charge is -2.29. The van der Waals surface area contributed by atoms with E-state index in [9.17, 15) is 4.79 Å². The molecule has 1 aromatic carbocycles. The highest BCUT2D eigenvalue weighted by Gasteiger charge is 2.22. The van der Waals surface area contributed by atoms with Crippen LogP contribution in [0.25, 0.3) is 0 Å². The number of hydrogen-bond donors (Lipinski definition) is 1. The Kier molecular flexibility index (Phi) is 6.53. The minimum Gasteiger partial charge on any atom is -0.395 e. The highest BCUT2D eigenvalue weighted by Crippen LogP contribution is 2.07. The highest BCUT2D eigenvalue weighted by atomic mass is 16.3. The number of nitrogens with zero attached hydrogens (tertiary/aromatic N) is 2. The quantitative estimate of drug-likeness (QED) is 0.808. The summed E-state index contributed by atoms with van der Waals surface area (Å²) in [6.07, 6.45) is 0. The van der Waals surface area contributed by atoms with Crippen LogP contribution in [0.5, 0.6) is 0 Å². The van der Waals surface area contributed by atoms with Crippen molar-refractivity contribution in [2.75, 3.05) is 26.7 Å². The molecule has 0 radical (unpaired) electrons. The molecular weight excluding hydrogens is 240 g/mol. The zero-order chi connectivity index (χ0) is 14.3. The minimum absolute atomic E-state index is 0.0772. The second-order valence-electron chi connectivity index (χ2n) is 4.71. The number of likely N-dealkylation sites (N-methyl/N-ethyl adjacent to an activating group) is 2. The van der Waals surface area contributed by atoms with Crippen LogP contribution >= 0.6 is 0 Å². The average Bonchev–Trinajstić information content (AvgIpc) is 2.44. The van der Waals surface area contributed by atoms with E-state index in [2.05, 4.69) is 0 Å². The number of benzene rings is 1. The number of aliphatic hydroxyl groups is 1. The molecule has 0 saturated heterocycles. The maximum atomic E-state index is 12.3. The van der Waals surface area contributed by atoms with Crippen molar-refractivity contribution in [3.63, 3.8) is 0 Å². The summed E-state index contributed by atoms with van der Waals surface area (Å²) in [6, 6.07) is 9.74. The molecule has 0 aromatic heterocycles. The Morgan fingerprint density at radius 3 is 2.47 bits per heavy atom. The summed E-state index contributed by atoms with van der Waals surface area (Å²) in [5.41, 5.74) is 1.12. The lowest BCUT2D eigenvalue weighted by Crippen LogP contribution is -2.46. The van der Waals surface area contributed by atoms with Gasteiger partial charge in [0.15, 0.2) is 0 Å². The molecule has 0 heterocycles. The van der Waals surface area contributed by atoms with Crippen molar-refractivity contribution in [2.24, 2.45) is 0 Å². The zero-order valence-electron chi connectivity index (χ0n) is 12.0. The van der Waals surface area contributed by atoms with Crippen LogP contribution in [0.4, 0.5) is 0 Å². The smallest absolute Gasteiger partial charge is 0.239 e. The first-order valence-electron chi connectivity index (χ1n) is 6.74. The van der Waals surface area contributed by atoms with Crippen molar-refractivity contribution in [1.29, 1.82) is 0 Å². The Hall–Kier alpha value is -1.39. The van der Waals surface area contributed by atoms with Crippen LogP contribution in [0, 0.1) is 0 Å². The van der Waals surface area contributed by atoms with E-state index in [0.29, 0.717) is 13.1 Å². The lowest BCUT2D eigenvalue weighted by atomic mass is 10.2. The van der Waals surface area contributed by atoms with E-state index < -0.39 is 0 Å². The molecule has 0 bridgehead atoms. The van der Waals surface area contributed by atoms with Crippen molar-refractivity contribution >= 4 is 5.91 Å². The van der Waals surface area contributed by atoms with Gasteiger partial charge in [-0.3, -0.25) is 9.69 Å². The zero-order valence-corrected chi connectivity index (χ0v) is 12.0. The van der Waals surface area contributed by atoms with Gasteiger partial charge in [-0.1, -0.05) is 37.3 Å². The average molecular weight is 264 g/mol. The fourth-order valence-electron chi connectivity index (χ4n) is 2.16. The second kappa shape index (κ2) is 7.92. The molecule has 0 fully saturated rings. The van der Waals surface area contributed by atoms with Gasteiger partial charge in [-0.05, 0) is 19.0 Å². The molecule has 1 rings (SSSR count). The predicted octanol–water partition coefficient (Wildman–Crippen LogP) is 1.35. The molecule has 1 atom stereocenters. The molecule has 0 saturated carbocycles. The van der Waals surface area contributed by atoms with E-state index in [1.807, 2.05) is 56.1 Å². The maximum absolute atomic E-state index is 12.3. The minimum atomic E-state index is -0.203. The van der Waals surface area contributed by atoms with Crippen molar-refractivity contribution in [2.45, 2.75) is 26.4 Å². The normalized spacial score (nSPS) is 12.5. The summed E-state index contributed by atoms with van der Waals surface area (Å²) in [7, 11) is 1.82. The number of carbonyl (C=O) groups excluding carboxylic acids is 1. The Balaban J connectivity index is 2.60. The third-order valence-electron chi connectivity index (χ3n) is 3.34. The Morgan fingerprint density at radius 1 is 1.32 bits per heavy atom. The topological polar surface area (TPSA) is 43.8 Å². The molecule has 0 spiro atoms. The van der Waals surface area contributed by atoms with E-state index in [-0.39, 0.29) is 18.6 Å². The van der Waals surface area contributed by atoms with Gasteiger partial charge in [-0.25, -0.2) is 0 Å². The van der Waals surface area contributed by atoms with Crippen molar-refractivity contribution < 1.29 is 9.90 Å². The molecular formula is C15H24N2O2. The van der Waals surface area contributed by atoms with Crippen molar-refractivity contribution in [3.8, 4) is 0 Å². The Morgan fingerprint density at radius 2 is 1.95 bits per heavy atom. The molecule has 106 valence electrons. The van der Waals surface area contributed by atoms with Crippen LogP contribution in [-0.4, -0.2) is 53.6 Å². The van der Waals surface area contributed by atoms with Gasteiger partial charge in [0.25, 0.3) is 0 Å². The van der Waals surface area contributed by atoms with Gasteiger partial charge in [0.05, 0.1) is 12.6 Å². The van der Waals surface area contributed by atoms with Crippen LogP contribution in [-0.2, 0) is 11.3 Å². The standard InChI is InChI=1S/C15H24N2O2/c1-4-17(10-11-18)13(2)15(19)16(3)12-14-8-6-5-7-9-14/h5-9,13,18H,4,10-12H2,1-3H3. The van der Waals surface area contributed by atoms with Crippen LogP contribution in [0.1, 0.15) is 19.4 Å². The van der Waals surface area contributed by atoms with E-state index >= 15 is 0 Å². The number of aliphatic hydroxyl groups excluding tert-OH is 1. The van der Waals surface area contributed by atoms with E-state index in [1.54, 1.807) is 4.90 Å². The van der Waals surface area contributed by atoms with Gasteiger partial charge in [-0.2, -0.15) is 0 Å². The van der Waals surface area contributed by atoms with Crippen LogP contribution in [0.2, 0.25) is 0 Å². The van der Waals surface area contributed by atoms with E-state index in [0.717, 1.165) is 12.1 Å². The van der Waals surface area contributed by atoms with Gasteiger partial charge < -0.3 is 10.0 Å². The second-order valence-corrected chi connectivity index (χ2v) is 4.71. The molecule has 1 aromatic rings. The third-order valence-corrected chi connectivity index (χ3v) is 3.34. The summed E-state index contributed by atoms with van der Waals surface area (Å²) >= 11 is 0. The SMILES string of the molecule is CCN(CCO)C(C)C(=O)N(C)Cc1ccccc1. The first kappa shape index (κ1) is 15.7. The highest BCUT2D eigenvalue weighted by molar-refractivity contribution is 5.81. The number of rotatable bonds is 7. The third kappa shape index (κ3) is 4.65. The van der Waals surface area contributed by atoms with Crippen LogP contribution in [0.3, 0.4) is 0 Å². The summed E-state index contributed by atoms with van der Waals surface area (Å²) in [4.78, 5) is 16.0. The fourth-order valence-corrected chi connectivity index (χ4v) is 2.16. The molecule has 1 N–H and O–H groups in total. The van der Waals surface area contributed by atoms with Gasteiger partial charge in [-0.15, -0.1) is 0 Å². The van der Waals surface area contributed by atoms with Gasteiger partial charge in [0.1, 0.15) is 0 Å². The maximum Gasteiger partial charge on any atom is 0.239 e. The fraction of sp³-hybridized carbons (Fsp3) is 0.533. The monoisotopic (exact) mass is 264 g/mol. The van der Waals surface area contributed by atoms with Crippen molar-refractivity contribution in [3.05, 3.63) is 35.9 Å². The molecule has 19 heavy (non-hydrogen) atoms. The number of carbonyl (C=O) groups is 1. The first-order valence-corrected chi connectivity index (χ1v) is 6.74. The summed E-state index contributed by atoms with van der Waals surface area (Å²) in [6.45, 7) is 5.86. The lowest BCUT2D eigenvalue weighted by molar-refractivity contribution is -0.135. The number of hydrogen-bond acceptors (Lipinski definition) is 3. The molecule has 1 amide bonds. The summed E-state index contributed by atoms with van der Waals surface area (Å²) in [5, 5.41) is 9.01. The predicted molar refractivity (Wildman–Crippen MR) is 76.7 cm³/mol. The summed E-state index contributed by atoms with van der Waals surface area (Å²) < 4.78 is 0. The molecule has 4 nitrogen and oxygen atoms in total. The van der Waals surface area contributed by atoms with Crippen LogP contribution in [0.15, 0.2) is 30.3 Å². The Bertz CT molecular complexity index is 381. The molecule has 0 aliphatic rings. The van der Waals surface area contributed by atoms with Gasteiger partial charge in [0, 0.05) is 20.1 Å². The number of amides is 1. The van der Waals surface area contributed by atoms with Crippen molar-refractivity contribution in [1.82, 2.24) is 9.80 Å². The largest absolute Gasteiger partial charge is 0.395 e. The Labute approximate surface area is 115 Å². The van der Waals surface area contributed by atoms with Gasteiger partial charge >= 0.3 is 0 Å². The van der Waals surface area contributed by atoms with Gasteiger partial charge in [0.2, 0.25) is 5.91 Å². The molecule has 0 aliphatic carbocycles. The summed E-state index contributed by atoms with van der Waals surface area (Å²) in [5.74, 6) is 0.0825. The molecule has 4 heteroatoms. The molecule has 0 aliphatic heterocycles. The van der Waals surface area contributed by atoms with E-state index in [1.165, 1.54) is 0 Å².